The largest absolute Gasteiger partial charge is 0.506 e. The molecule has 0 aliphatic rings. The lowest BCUT2D eigenvalue weighted by Gasteiger charge is -2.12. The second kappa shape index (κ2) is 7.61. The topological polar surface area (TPSA) is 116 Å². The highest BCUT2D eigenvalue weighted by Crippen LogP contribution is 2.32. The minimum Gasteiger partial charge on any atom is -0.506 e. The van der Waals surface area contributed by atoms with Crippen molar-refractivity contribution < 1.29 is 23.4 Å². The van der Waals surface area contributed by atoms with Crippen LogP contribution in [-0.4, -0.2) is 31.6 Å². The second-order valence-electron chi connectivity index (χ2n) is 5.93. The van der Waals surface area contributed by atoms with E-state index in [0.717, 1.165) is 0 Å². The summed E-state index contributed by atoms with van der Waals surface area (Å²) in [4.78, 5) is 12.2. The average Bonchev–Trinajstić information content (AvgIpc) is 2.70. The first kappa shape index (κ1) is 19.2. The highest BCUT2D eigenvalue weighted by atomic mass is 32.2. The number of phenols is 2. The molecular formula is C20H18N2O5S. The van der Waals surface area contributed by atoms with E-state index in [-0.39, 0.29) is 32.7 Å². The van der Waals surface area contributed by atoms with Crippen molar-refractivity contribution in [2.24, 2.45) is 0 Å². The Morgan fingerprint density at radius 3 is 1.93 bits per heavy atom. The monoisotopic (exact) mass is 398 g/mol. The maximum Gasteiger partial charge on any atom is 0.255 e. The summed E-state index contributed by atoms with van der Waals surface area (Å²) in [5.74, 6) is -0.819. The quantitative estimate of drug-likeness (QED) is 0.491. The average molecular weight is 398 g/mol. The van der Waals surface area contributed by atoms with Gasteiger partial charge < -0.3 is 20.8 Å². The van der Waals surface area contributed by atoms with Crippen molar-refractivity contribution >= 4 is 27.1 Å². The van der Waals surface area contributed by atoms with Gasteiger partial charge in [-0.15, -0.1) is 0 Å². The number of carbonyl (C=O) groups excluding carboxylic acids is 1. The molecule has 0 atom stereocenters. The third kappa shape index (κ3) is 3.77. The van der Waals surface area contributed by atoms with Crippen LogP contribution in [0.5, 0.6) is 11.5 Å². The van der Waals surface area contributed by atoms with Gasteiger partial charge in [0.15, 0.2) is 0 Å². The summed E-state index contributed by atoms with van der Waals surface area (Å²) >= 11 is 0. The summed E-state index contributed by atoms with van der Waals surface area (Å²) in [7, 11) is -2.38. The number of sulfone groups is 1. The van der Waals surface area contributed by atoms with Crippen molar-refractivity contribution in [3.8, 4) is 11.5 Å². The molecule has 7 nitrogen and oxygen atoms in total. The van der Waals surface area contributed by atoms with E-state index in [1.807, 2.05) is 0 Å². The van der Waals surface area contributed by atoms with Gasteiger partial charge in [-0.1, -0.05) is 18.2 Å². The van der Waals surface area contributed by atoms with Gasteiger partial charge in [-0.3, -0.25) is 4.79 Å². The molecule has 0 aliphatic heterocycles. The van der Waals surface area contributed by atoms with Gasteiger partial charge in [0.1, 0.15) is 11.5 Å². The van der Waals surface area contributed by atoms with Crippen molar-refractivity contribution in [1.29, 1.82) is 0 Å². The summed E-state index contributed by atoms with van der Waals surface area (Å²) in [5, 5.41) is 25.0. The summed E-state index contributed by atoms with van der Waals surface area (Å²) in [6.45, 7) is 0. The molecule has 0 saturated heterocycles. The van der Waals surface area contributed by atoms with Gasteiger partial charge in [-0.2, -0.15) is 0 Å². The van der Waals surface area contributed by atoms with Crippen LogP contribution in [0, 0.1) is 0 Å². The van der Waals surface area contributed by atoms with E-state index in [2.05, 4.69) is 10.6 Å². The van der Waals surface area contributed by atoms with E-state index >= 15 is 0 Å². The molecule has 0 bridgehead atoms. The molecule has 0 spiro atoms. The van der Waals surface area contributed by atoms with Crippen molar-refractivity contribution in [2.75, 3.05) is 17.7 Å². The van der Waals surface area contributed by atoms with Crippen molar-refractivity contribution in [3.05, 3.63) is 72.3 Å². The van der Waals surface area contributed by atoms with Gasteiger partial charge in [0.05, 0.1) is 21.2 Å². The van der Waals surface area contributed by atoms with E-state index in [1.165, 1.54) is 36.4 Å². The first-order chi connectivity index (χ1) is 13.3. The smallest absolute Gasteiger partial charge is 0.255 e. The lowest BCUT2D eigenvalue weighted by molar-refractivity contribution is 0.102. The predicted molar refractivity (Wildman–Crippen MR) is 106 cm³/mol. The van der Waals surface area contributed by atoms with Crippen LogP contribution < -0.4 is 10.6 Å². The molecule has 4 N–H and O–H groups in total. The van der Waals surface area contributed by atoms with E-state index in [9.17, 15) is 23.4 Å². The van der Waals surface area contributed by atoms with Crippen molar-refractivity contribution in [2.45, 2.75) is 9.79 Å². The third-order valence-corrected chi connectivity index (χ3v) is 5.86. The fraction of sp³-hybridized carbons (Fsp3) is 0.0500. The first-order valence-electron chi connectivity index (χ1n) is 8.28. The van der Waals surface area contributed by atoms with Crippen LogP contribution in [0.2, 0.25) is 0 Å². The summed E-state index contributed by atoms with van der Waals surface area (Å²) in [6.07, 6.45) is 0. The van der Waals surface area contributed by atoms with Gasteiger partial charge in [0.25, 0.3) is 5.91 Å². The molecule has 0 radical (unpaired) electrons. The predicted octanol–water partition coefficient (Wildman–Crippen LogP) is 3.22. The maximum atomic E-state index is 12.9. The highest BCUT2D eigenvalue weighted by Gasteiger charge is 2.21. The van der Waals surface area contributed by atoms with E-state index < -0.39 is 15.7 Å². The molecule has 0 aromatic heterocycles. The Kier molecular flexibility index (Phi) is 5.23. The van der Waals surface area contributed by atoms with Crippen LogP contribution in [0.3, 0.4) is 0 Å². The number of anilines is 2. The number of amides is 1. The van der Waals surface area contributed by atoms with Gasteiger partial charge >= 0.3 is 0 Å². The summed E-state index contributed by atoms with van der Waals surface area (Å²) in [6, 6.07) is 15.8. The molecule has 144 valence electrons. The number of aromatic hydroxyl groups is 2. The Morgan fingerprint density at radius 2 is 1.36 bits per heavy atom. The molecule has 3 aromatic rings. The molecule has 0 saturated carbocycles. The molecule has 3 rings (SSSR count). The fourth-order valence-corrected chi connectivity index (χ4v) is 3.90. The molecule has 0 unspecified atom stereocenters. The number of phenolic OH excluding ortho intramolecular Hbond substituents is 2. The SMILES string of the molecule is CNc1cc(S(=O)(=O)c2ccc(O)c(NC(=O)c3ccccc3)c2)ccc1O. The fourth-order valence-electron chi connectivity index (χ4n) is 2.59. The standard InChI is InChI=1S/C20H18N2O5S/c1-21-16-11-14(7-9-18(16)23)28(26,27)15-8-10-19(24)17(12-15)22-20(25)13-5-3-2-4-6-13/h2-12,21,23-24H,1H3,(H,22,25). The van der Waals surface area contributed by atoms with Gasteiger partial charge in [-0.05, 0) is 48.5 Å². The van der Waals surface area contributed by atoms with Gasteiger partial charge in [-0.25, -0.2) is 8.42 Å². The zero-order chi connectivity index (χ0) is 20.3. The van der Waals surface area contributed by atoms with E-state index in [0.29, 0.717) is 5.56 Å². The van der Waals surface area contributed by atoms with Crippen LogP contribution in [-0.2, 0) is 9.84 Å². The number of benzene rings is 3. The summed E-state index contributed by atoms with van der Waals surface area (Å²) in [5.41, 5.74) is 0.604. The highest BCUT2D eigenvalue weighted by molar-refractivity contribution is 7.91. The lowest BCUT2D eigenvalue weighted by atomic mass is 10.2. The maximum absolute atomic E-state index is 12.9. The van der Waals surface area contributed by atoms with Gasteiger partial charge in [0, 0.05) is 12.6 Å². The normalized spacial score (nSPS) is 11.0. The van der Waals surface area contributed by atoms with Crippen LogP contribution in [0.1, 0.15) is 10.4 Å². The van der Waals surface area contributed by atoms with Crippen molar-refractivity contribution in [3.63, 3.8) is 0 Å². The Bertz CT molecular complexity index is 1130. The molecule has 1 amide bonds. The Labute approximate surface area is 162 Å². The number of carbonyl (C=O) groups is 1. The van der Waals surface area contributed by atoms with Crippen LogP contribution in [0.25, 0.3) is 0 Å². The van der Waals surface area contributed by atoms with Crippen LogP contribution >= 0.6 is 0 Å². The van der Waals surface area contributed by atoms with Crippen LogP contribution in [0.15, 0.2) is 76.5 Å². The zero-order valence-corrected chi connectivity index (χ0v) is 15.7. The lowest BCUT2D eigenvalue weighted by Crippen LogP contribution is -2.12. The molecular weight excluding hydrogens is 380 g/mol. The minimum absolute atomic E-state index is 0.0254. The number of nitrogens with one attached hydrogen (secondary N) is 2. The van der Waals surface area contributed by atoms with E-state index in [4.69, 9.17) is 0 Å². The molecule has 28 heavy (non-hydrogen) atoms. The zero-order valence-electron chi connectivity index (χ0n) is 14.9. The third-order valence-electron chi connectivity index (χ3n) is 4.11. The number of hydrogen-bond acceptors (Lipinski definition) is 6. The summed E-state index contributed by atoms with van der Waals surface area (Å²) < 4.78 is 25.9. The Balaban J connectivity index is 1.97. The second-order valence-corrected chi connectivity index (χ2v) is 7.88. The molecule has 0 heterocycles. The Hall–Kier alpha value is -3.52. The van der Waals surface area contributed by atoms with E-state index in [1.54, 1.807) is 37.4 Å². The molecule has 0 aliphatic carbocycles. The minimum atomic E-state index is -3.94. The molecule has 8 heteroatoms. The van der Waals surface area contributed by atoms with Gasteiger partial charge in [0.2, 0.25) is 9.84 Å². The number of hydrogen-bond donors (Lipinski definition) is 4. The molecule has 3 aromatic carbocycles. The van der Waals surface area contributed by atoms with Crippen LogP contribution in [0.4, 0.5) is 11.4 Å². The molecule has 0 fully saturated rings. The number of rotatable bonds is 5. The first-order valence-corrected chi connectivity index (χ1v) is 9.76. The van der Waals surface area contributed by atoms with Crippen molar-refractivity contribution in [1.82, 2.24) is 0 Å². The Morgan fingerprint density at radius 1 is 0.821 bits per heavy atom.